The van der Waals surface area contributed by atoms with Crippen LogP contribution in [0.5, 0.6) is 0 Å². The molecule has 2 aromatic rings. The summed E-state index contributed by atoms with van der Waals surface area (Å²) < 4.78 is 0. The normalized spacial score (nSPS) is 22.5. The first-order valence-corrected chi connectivity index (χ1v) is 8.54. The van der Waals surface area contributed by atoms with Crippen molar-refractivity contribution >= 4 is 11.7 Å². The molecule has 0 amide bonds. The number of hydrogen-bond donors (Lipinski definition) is 1. The fourth-order valence-corrected chi connectivity index (χ4v) is 4.02. The highest BCUT2D eigenvalue weighted by Gasteiger charge is 2.36. The summed E-state index contributed by atoms with van der Waals surface area (Å²) in [4.78, 5) is 13.4. The maximum absolute atomic E-state index is 10.9. The minimum absolute atomic E-state index is 0.0155. The molecule has 4 nitrogen and oxygen atoms in total. The van der Waals surface area contributed by atoms with Gasteiger partial charge in [0.05, 0.1) is 0 Å². The van der Waals surface area contributed by atoms with Gasteiger partial charge in [-0.3, -0.25) is 4.90 Å². The average Bonchev–Trinajstić information content (AvgIpc) is 2.93. The molecule has 0 unspecified atom stereocenters. The SMILES string of the molecule is O=C([O-])Cc1ccc2c(c1)[C@@H]1CN(Cc3ccccc3)CC[C@@H]1N2. The van der Waals surface area contributed by atoms with Crippen molar-refractivity contribution in [2.75, 3.05) is 18.4 Å². The zero-order chi connectivity index (χ0) is 16.5. The van der Waals surface area contributed by atoms with Gasteiger partial charge in [-0.2, -0.15) is 0 Å². The van der Waals surface area contributed by atoms with Gasteiger partial charge in [-0.1, -0.05) is 42.5 Å². The van der Waals surface area contributed by atoms with Crippen molar-refractivity contribution in [3.63, 3.8) is 0 Å². The highest BCUT2D eigenvalue weighted by Crippen LogP contribution is 2.40. The van der Waals surface area contributed by atoms with E-state index in [9.17, 15) is 9.90 Å². The van der Waals surface area contributed by atoms with Crippen LogP contribution in [-0.2, 0) is 17.8 Å². The summed E-state index contributed by atoms with van der Waals surface area (Å²) in [6.07, 6.45) is 1.10. The molecule has 0 aliphatic carbocycles. The van der Waals surface area contributed by atoms with Crippen molar-refractivity contribution in [1.82, 2.24) is 4.90 Å². The van der Waals surface area contributed by atoms with Gasteiger partial charge >= 0.3 is 0 Å². The minimum Gasteiger partial charge on any atom is -0.550 e. The Kier molecular flexibility index (Phi) is 3.98. The van der Waals surface area contributed by atoms with Crippen molar-refractivity contribution < 1.29 is 9.90 Å². The Balaban J connectivity index is 1.52. The molecule has 2 aliphatic heterocycles. The Labute approximate surface area is 142 Å². The third-order valence-electron chi connectivity index (χ3n) is 5.15. The minimum atomic E-state index is -1.02. The number of fused-ring (bicyclic) bond motifs is 3. The Morgan fingerprint density at radius 1 is 1.17 bits per heavy atom. The molecule has 0 radical (unpaired) electrons. The van der Waals surface area contributed by atoms with E-state index in [0.717, 1.165) is 37.3 Å². The zero-order valence-corrected chi connectivity index (χ0v) is 13.6. The molecule has 2 aromatic carbocycles. The number of aliphatic carboxylic acids is 1. The van der Waals surface area contributed by atoms with E-state index in [1.54, 1.807) is 0 Å². The van der Waals surface area contributed by atoms with Gasteiger partial charge in [-0.05, 0) is 29.2 Å². The molecular weight excluding hydrogens is 300 g/mol. The second-order valence-corrected chi connectivity index (χ2v) is 6.84. The van der Waals surface area contributed by atoms with Gasteiger partial charge in [0, 0.05) is 49.7 Å². The van der Waals surface area contributed by atoms with Crippen molar-refractivity contribution in [2.24, 2.45) is 0 Å². The third-order valence-corrected chi connectivity index (χ3v) is 5.15. The van der Waals surface area contributed by atoms with Crippen LogP contribution in [0.15, 0.2) is 48.5 Å². The molecule has 4 rings (SSSR count). The molecule has 2 aliphatic rings. The Morgan fingerprint density at radius 3 is 2.79 bits per heavy atom. The van der Waals surface area contributed by atoms with Crippen LogP contribution in [0.1, 0.15) is 29.0 Å². The Morgan fingerprint density at radius 2 is 2.00 bits per heavy atom. The van der Waals surface area contributed by atoms with Crippen molar-refractivity contribution in [1.29, 1.82) is 0 Å². The van der Waals surface area contributed by atoms with Crippen molar-refractivity contribution in [2.45, 2.75) is 31.3 Å². The van der Waals surface area contributed by atoms with E-state index in [1.165, 1.54) is 11.1 Å². The summed E-state index contributed by atoms with van der Waals surface area (Å²) in [5.41, 5.74) is 4.59. The number of piperidine rings is 1. The fraction of sp³-hybridized carbons (Fsp3) is 0.350. The molecule has 2 heterocycles. The highest BCUT2D eigenvalue weighted by molar-refractivity contribution is 5.69. The summed E-state index contributed by atoms with van der Waals surface area (Å²) in [5.74, 6) is -0.592. The van der Waals surface area contributed by atoms with Gasteiger partial charge < -0.3 is 15.2 Å². The average molecular weight is 321 g/mol. The third kappa shape index (κ3) is 3.02. The quantitative estimate of drug-likeness (QED) is 0.932. The second-order valence-electron chi connectivity index (χ2n) is 6.84. The maximum atomic E-state index is 10.9. The van der Waals surface area contributed by atoms with Gasteiger partial charge in [-0.25, -0.2) is 0 Å². The standard InChI is InChI=1S/C20H22N2O2/c23-20(24)11-15-6-7-18-16(10-15)17-13-22(9-8-19(17)21-18)12-14-4-2-1-3-5-14/h1-7,10,17,19,21H,8-9,11-13H2,(H,23,24)/p-1/t17-,19-/m0/s1. The smallest absolute Gasteiger partial charge is 0.0458 e. The predicted octanol–water partition coefficient (Wildman–Crippen LogP) is 1.76. The number of anilines is 1. The Bertz CT molecular complexity index is 745. The molecule has 2 atom stereocenters. The summed E-state index contributed by atoms with van der Waals surface area (Å²) in [7, 11) is 0. The van der Waals surface area contributed by atoms with Gasteiger partial charge in [-0.15, -0.1) is 0 Å². The maximum Gasteiger partial charge on any atom is 0.0458 e. The van der Waals surface area contributed by atoms with Gasteiger partial charge in [0.2, 0.25) is 0 Å². The molecule has 0 spiro atoms. The van der Waals surface area contributed by atoms with E-state index in [2.05, 4.69) is 40.5 Å². The summed E-state index contributed by atoms with van der Waals surface area (Å²) >= 11 is 0. The monoisotopic (exact) mass is 321 g/mol. The largest absolute Gasteiger partial charge is 0.550 e. The van der Waals surface area contributed by atoms with Crippen LogP contribution >= 0.6 is 0 Å². The zero-order valence-electron chi connectivity index (χ0n) is 13.6. The van der Waals surface area contributed by atoms with E-state index in [0.29, 0.717) is 12.0 Å². The number of nitrogens with one attached hydrogen (secondary N) is 1. The van der Waals surface area contributed by atoms with Gasteiger partial charge in [0.25, 0.3) is 0 Å². The van der Waals surface area contributed by atoms with E-state index >= 15 is 0 Å². The molecule has 24 heavy (non-hydrogen) atoms. The van der Waals surface area contributed by atoms with Crippen molar-refractivity contribution in [3.05, 3.63) is 65.2 Å². The van der Waals surface area contributed by atoms with Crippen molar-refractivity contribution in [3.8, 4) is 0 Å². The molecule has 124 valence electrons. The summed E-state index contributed by atoms with van der Waals surface area (Å²) in [6.45, 7) is 3.06. The van der Waals surface area contributed by atoms with Crippen LogP contribution in [0.4, 0.5) is 5.69 Å². The second kappa shape index (κ2) is 6.29. The summed E-state index contributed by atoms with van der Waals surface area (Å²) in [6, 6.07) is 17.0. The lowest BCUT2D eigenvalue weighted by molar-refractivity contribution is -0.304. The number of carboxylic acid groups (broad SMARTS) is 1. The molecule has 0 bridgehead atoms. The Hall–Kier alpha value is -2.33. The number of carboxylic acids is 1. The number of carbonyl (C=O) groups excluding carboxylic acids is 1. The number of rotatable bonds is 4. The number of likely N-dealkylation sites (tertiary alicyclic amines) is 1. The predicted molar refractivity (Wildman–Crippen MR) is 91.6 cm³/mol. The van der Waals surface area contributed by atoms with Crippen LogP contribution in [0, 0.1) is 0 Å². The lowest BCUT2D eigenvalue weighted by atomic mass is 9.88. The van der Waals surface area contributed by atoms with Crippen LogP contribution < -0.4 is 10.4 Å². The molecule has 4 heteroatoms. The fourth-order valence-electron chi connectivity index (χ4n) is 4.02. The molecule has 1 fully saturated rings. The van der Waals surface area contributed by atoms with Crippen LogP contribution in [0.2, 0.25) is 0 Å². The number of nitrogens with zero attached hydrogens (tertiary/aromatic N) is 1. The van der Waals surface area contributed by atoms with Gasteiger partial charge in [0.1, 0.15) is 0 Å². The molecule has 0 saturated carbocycles. The summed E-state index contributed by atoms with van der Waals surface area (Å²) in [5, 5.41) is 14.5. The number of benzene rings is 2. The van der Waals surface area contributed by atoms with Crippen LogP contribution in [-0.4, -0.2) is 30.0 Å². The highest BCUT2D eigenvalue weighted by atomic mass is 16.4. The first kappa shape index (κ1) is 15.2. The van der Waals surface area contributed by atoms with E-state index < -0.39 is 5.97 Å². The molecule has 1 N–H and O–H groups in total. The lowest BCUT2D eigenvalue weighted by Crippen LogP contribution is -2.41. The molecule has 0 aromatic heterocycles. The molecular formula is C20H21N2O2-. The van der Waals surface area contributed by atoms with E-state index in [1.807, 2.05) is 18.2 Å². The first-order valence-electron chi connectivity index (χ1n) is 8.54. The topological polar surface area (TPSA) is 55.4 Å². The lowest BCUT2D eigenvalue weighted by Gasteiger charge is -2.35. The van der Waals surface area contributed by atoms with Crippen LogP contribution in [0.25, 0.3) is 0 Å². The van der Waals surface area contributed by atoms with Gasteiger partial charge in [0.15, 0.2) is 0 Å². The van der Waals surface area contributed by atoms with Crippen LogP contribution in [0.3, 0.4) is 0 Å². The first-order chi connectivity index (χ1) is 11.7. The molecule has 1 saturated heterocycles. The van der Waals surface area contributed by atoms with E-state index in [4.69, 9.17) is 0 Å². The van der Waals surface area contributed by atoms with E-state index in [-0.39, 0.29) is 6.42 Å². The number of carbonyl (C=O) groups is 1. The number of hydrogen-bond acceptors (Lipinski definition) is 4.